The van der Waals surface area contributed by atoms with E-state index in [2.05, 4.69) is 40.7 Å². The van der Waals surface area contributed by atoms with Crippen LogP contribution in [0.1, 0.15) is 12.8 Å². The van der Waals surface area contributed by atoms with Gasteiger partial charge in [0.15, 0.2) is 0 Å². The van der Waals surface area contributed by atoms with Crippen LogP contribution in [0, 0.1) is 5.92 Å². The average molecular weight is 248 g/mol. The summed E-state index contributed by atoms with van der Waals surface area (Å²) in [7, 11) is 0. The Bertz CT molecular complexity index is 372. The molecule has 17 heavy (non-hydrogen) atoms. The number of rotatable bonds is 3. The number of anilines is 1. The van der Waals surface area contributed by atoms with E-state index in [1.54, 1.807) is 0 Å². The van der Waals surface area contributed by atoms with E-state index >= 15 is 0 Å². The number of benzene rings is 1. The predicted octanol–water partition coefficient (Wildman–Crippen LogP) is 2.60. The number of nitrogens with zero attached hydrogens (tertiary/aromatic N) is 1. The zero-order chi connectivity index (χ0) is 11.7. The van der Waals surface area contributed by atoms with Gasteiger partial charge in [-0.3, -0.25) is 0 Å². The van der Waals surface area contributed by atoms with Crippen molar-refractivity contribution in [2.75, 3.05) is 30.8 Å². The molecule has 1 N–H and O–H groups in total. The van der Waals surface area contributed by atoms with Crippen LogP contribution >= 0.6 is 11.8 Å². The number of piperazine rings is 1. The van der Waals surface area contributed by atoms with Crippen LogP contribution in [0.4, 0.5) is 5.69 Å². The molecule has 0 bridgehead atoms. The smallest absolute Gasteiger partial charge is 0.0367 e. The fourth-order valence-electron chi connectivity index (χ4n) is 2.62. The van der Waals surface area contributed by atoms with E-state index in [-0.39, 0.29) is 0 Å². The number of thioether (sulfide) groups is 1. The highest BCUT2D eigenvalue weighted by Crippen LogP contribution is 2.34. The lowest BCUT2D eigenvalue weighted by Gasteiger charge is -2.35. The molecule has 1 aromatic rings. The summed E-state index contributed by atoms with van der Waals surface area (Å²) < 4.78 is 0. The van der Waals surface area contributed by atoms with E-state index in [0.29, 0.717) is 0 Å². The van der Waals surface area contributed by atoms with E-state index in [1.807, 2.05) is 11.8 Å². The van der Waals surface area contributed by atoms with Crippen LogP contribution in [0.3, 0.4) is 0 Å². The maximum atomic E-state index is 3.66. The molecular weight excluding hydrogens is 228 g/mol. The zero-order valence-electron chi connectivity index (χ0n) is 10.4. The fraction of sp³-hybridized carbons (Fsp3) is 0.571. The first-order chi connectivity index (χ1) is 8.36. The Morgan fingerprint density at radius 3 is 2.65 bits per heavy atom. The van der Waals surface area contributed by atoms with Crippen molar-refractivity contribution in [3.8, 4) is 0 Å². The summed E-state index contributed by atoms with van der Waals surface area (Å²) in [5, 5.41) is 3.66. The van der Waals surface area contributed by atoms with Crippen LogP contribution in [-0.4, -0.2) is 31.9 Å². The van der Waals surface area contributed by atoms with Gasteiger partial charge in [0, 0.05) is 36.3 Å². The van der Waals surface area contributed by atoms with E-state index in [0.717, 1.165) is 25.0 Å². The third kappa shape index (κ3) is 2.61. The summed E-state index contributed by atoms with van der Waals surface area (Å²) in [5.74, 6) is 0.947. The van der Waals surface area contributed by atoms with E-state index in [1.165, 1.54) is 30.0 Å². The molecule has 1 atom stereocenters. The van der Waals surface area contributed by atoms with Crippen molar-refractivity contribution in [3.63, 3.8) is 0 Å². The van der Waals surface area contributed by atoms with Gasteiger partial charge in [0.2, 0.25) is 0 Å². The quantitative estimate of drug-likeness (QED) is 0.828. The van der Waals surface area contributed by atoms with Gasteiger partial charge in [-0.15, -0.1) is 11.8 Å². The second kappa shape index (κ2) is 4.91. The van der Waals surface area contributed by atoms with Crippen LogP contribution in [0.25, 0.3) is 0 Å². The Balaban J connectivity index is 1.69. The molecule has 92 valence electrons. The van der Waals surface area contributed by atoms with Crippen LogP contribution < -0.4 is 10.2 Å². The molecule has 1 aromatic carbocycles. The SMILES string of the molecule is CSc1ccc(N2CCNC(C3CC3)C2)cc1. The van der Waals surface area contributed by atoms with Gasteiger partial charge >= 0.3 is 0 Å². The second-order valence-electron chi connectivity index (χ2n) is 5.04. The molecule has 0 amide bonds. The first-order valence-electron chi connectivity index (χ1n) is 6.49. The molecule has 0 aromatic heterocycles. The molecule has 3 heteroatoms. The average Bonchev–Trinajstić information content (AvgIpc) is 3.23. The van der Waals surface area contributed by atoms with Crippen LogP contribution in [0.5, 0.6) is 0 Å². The highest BCUT2D eigenvalue weighted by molar-refractivity contribution is 7.98. The summed E-state index contributed by atoms with van der Waals surface area (Å²) in [6, 6.07) is 9.72. The van der Waals surface area contributed by atoms with Gasteiger partial charge in [0.1, 0.15) is 0 Å². The van der Waals surface area contributed by atoms with E-state index < -0.39 is 0 Å². The Morgan fingerprint density at radius 2 is 2.00 bits per heavy atom. The van der Waals surface area contributed by atoms with Crippen molar-refractivity contribution in [1.29, 1.82) is 0 Å². The molecular formula is C14H20N2S. The lowest BCUT2D eigenvalue weighted by Crippen LogP contribution is -2.51. The van der Waals surface area contributed by atoms with E-state index in [9.17, 15) is 0 Å². The minimum atomic E-state index is 0.726. The molecule has 2 nitrogen and oxygen atoms in total. The van der Waals surface area contributed by atoms with Gasteiger partial charge in [-0.1, -0.05) is 0 Å². The number of nitrogens with one attached hydrogen (secondary N) is 1. The van der Waals surface area contributed by atoms with Gasteiger partial charge in [0.25, 0.3) is 0 Å². The molecule has 1 saturated carbocycles. The normalized spacial score (nSPS) is 25.0. The molecule has 0 spiro atoms. The van der Waals surface area contributed by atoms with Crippen LogP contribution in [0.2, 0.25) is 0 Å². The van der Waals surface area contributed by atoms with Crippen molar-refractivity contribution in [2.24, 2.45) is 5.92 Å². The van der Waals surface area contributed by atoms with Gasteiger partial charge in [-0.05, 0) is 49.3 Å². The first-order valence-corrected chi connectivity index (χ1v) is 7.71. The monoisotopic (exact) mass is 248 g/mol. The van der Waals surface area contributed by atoms with Gasteiger partial charge in [-0.2, -0.15) is 0 Å². The largest absolute Gasteiger partial charge is 0.369 e. The summed E-state index contributed by atoms with van der Waals surface area (Å²) in [6.07, 6.45) is 4.98. The second-order valence-corrected chi connectivity index (χ2v) is 5.92. The maximum absolute atomic E-state index is 3.66. The minimum Gasteiger partial charge on any atom is -0.369 e. The fourth-order valence-corrected chi connectivity index (χ4v) is 3.03. The van der Waals surface area contributed by atoms with Crippen molar-refractivity contribution < 1.29 is 0 Å². The molecule has 3 rings (SSSR count). The van der Waals surface area contributed by atoms with Gasteiger partial charge in [0.05, 0.1) is 0 Å². The Morgan fingerprint density at radius 1 is 1.24 bits per heavy atom. The van der Waals surface area contributed by atoms with E-state index in [4.69, 9.17) is 0 Å². The molecule has 0 radical (unpaired) electrons. The summed E-state index contributed by atoms with van der Waals surface area (Å²) in [4.78, 5) is 3.88. The lowest BCUT2D eigenvalue weighted by molar-refractivity contribution is 0.419. The Hall–Kier alpha value is -0.670. The van der Waals surface area contributed by atoms with Crippen molar-refractivity contribution in [3.05, 3.63) is 24.3 Å². The molecule has 1 saturated heterocycles. The standard InChI is InChI=1S/C14H20N2S/c1-17-13-6-4-12(5-7-13)16-9-8-15-14(10-16)11-2-3-11/h4-7,11,14-15H,2-3,8-10H2,1H3. The molecule has 1 aliphatic heterocycles. The number of hydrogen-bond donors (Lipinski definition) is 1. The van der Waals surface area contributed by atoms with Crippen LogP contribution in [-0.2, 0) is 0 Å². The van der Waals surface area contributed by atoms with Crippen molar-refractivity contribution in [2.45, 2.75) is 23.8 Å². The van der Waals surface area contributed by atoms with Crippen LogP contribution in [0.15, 0.2) is 29.2 Å². The molecule has 1 heterocycles. The number of hydrogen-bond acceptors (Lipinski definition) is 3. The summed E-state index contributed by atoms with van der Waals surface area (Å²) in [5.41, 5.74) is 1.38. The molecule has 2 aliphatic rings. The van der Waals surface area contributed by atoms with Gasteiger partial charge < -0.3 is 10.2 Å². The van der Waals surface area contributed by atoms with Crippen molar-refractivity contribution in [1.82, 2.24) is 5.32 Å². The molecule has 1 aliphatic carbocycles. The lowest BCUT2D eigenvalue weighted by atomic mass is 10.1. The minimum absolute atomic E-state index is 0.726. The maximum Gasteiger partial charge on any atom is 0.0367 e. The van der Waals surface area contributed by atoms with Crippen molar-refractivity contribution >= 4 is 17.4 Å². The third-order valence-corrected chi connectivity index (χ3v) is 4.58. The third-order valence-electron chi connectivity index (χ3n) is 3.83. The first kappa shape index (κ1) is 11.4. The topological polar surface area (TPSA) is 15.3 Å². The summed E-state index contributed by atoms with van der Waals surface area (Å²) >= 11 is 1.81. The molecule has 2 fully saturated rings. The Labute approximate surface area is 108 Å². The highest BCUT2D eigenvalue weighted by Gasteiger charge is 2.33. The van der Waals surface area contributed by atoms with Gasteiger partial charge in [-0.25, -0.2) is 0 Å². The zero-order valence-corrected chi connectivity index (χ0v) is 11.2. The predicted molar refractivity (Wildman–Crippen MR) is 75.0 cm³/mol. The Kier molecular flexibility index (Phi) is 3.30. The highest BCUT2D eigenvalue weighted by atomic mass is 32.2. The molecule has 1 unspecified atom stereocenters. The summed E-state index contributed by atoms with van der Waals surface area (Å²) in [6.45, 7) is 3.45.